The maximum Gasteiger partial charge on any atom is 0.0701 e. The van der Waals surface area contributed by atoms with E-state index in [0.717, 1.165) is 12.1 Å². The molecule has 0 aromatic carbocycles. The Morgan fingerprint density at radius 1 is 1.33 bits per heavy atom. The lowest BCUT2D eigenvalue weighted by molar-refractivity contribution is 0.178. The van der Waals surface area contributed by atoms with Crippen molar-refractivity contribution in [1.29, 1.82) is 0 Å². The third-order valence-electron chi connectivity index (χ3n) is 4.07. The summed E-state index contributed by atoms with van der Waals surface area (Å²) in [5.74, 6) is 0. The smallest absolute Gasteiger partial charge is 0.0701 e. The lowest BCUT2D eigenvalue weighted by Gasteiger charge is -2.34. The highest BCUT2D eigenvalue weighted by molar-refractivity contribution is 9.11. The van der Waals surface area contributed by atoms with E-state index in [2.05, 4.69) is 52.4 Å². The molecule has 0 aliphatic heterocycles. The highest BCUT2D eigenvalue weighted by atomic mass is 79.9. The molecule has 0 saturated heterocycles. The van der Waals surface area contributed by atoms with E-state index in [-0.39, 0.29) is 0 Å². The fraction of sp³-hybridized carbons (Fsp3) is 0.714. The molecule has 2 nitrogen and oxygen atoms in total. The van der Waals surface area contributed by atoms with Crippen LogP contribution in [0.25, 0.3) is 0 Å². The minimum absolute atomic E-state index is 0.753. The van der Waals surface area contributed by atoms with E-state index in [1.165, 1.54) is 47.3 Å². The molecule has 1 heterocycles. The second-order valence-electron chi connectivity index (χ2n) is 5.23. The lowest BCUT2D eigenvalue weighted by atomic mass is 9.90. The predicted octanol–water partition coefficient (Wildman–Crippen LogP) is 3.52. The van der Waals surface area contributed by atoms with Crippen LogP contribution in [0.5, 0.6) is 0 Å². The fourth-order valence-electron chi connectivity index (χ4n) is 2.76. The fourth-order valence-corrected chi connectivity index (χ4v) is 4.23. The van der Waals surface area contributed by atoms with Crippen molar-refractivity contribution < 1.29 is 0 Å². The average molecular weight is 331 g/mol. The molecule has 0 bridgehead atoms. The van der Waals surface area contributed by atoms with Crippen LogP contribution in [0.3, 0.4) is 0 Å². The van der Waals surface area contributed by atoms with E-state index >= 15 is 0 Å². The molecule has 1 aromatic rings. The van der Waals surface area contributed by atoms with Gasteiger partial charge in [-0.1, -0.05) is 0 Å². The first-order chi connectivity index (χ1) is 8.69. The zero-order chi connectivity index (χ0) is 13.0. The van der Waals surface area contributed by atoms with Gasteiger partial charge in [0, 0.05) is 23.5 Å². The lowest BCUT2D eigenvalue weighted by Crippen LogP contribution is -2.40. The first-order valence-electron chi connectivity index (χ1n) is 6.80. The van der Waals surface area contributed by atoms with E-state index in [1.54, 1.807) is 0 Å². The molecule has 1 N–H and O–H groups in total. The van der Waals surface area contributed by atoms with Crippen LogP contribution in [-0.2, 0) is 6.42 Å². The topological polar surface area (TPSA) is 15.3 Å². The maximum atomic E-state index is 3.53. The highest BCUT2D eigenvalue weighted by Crippen LogP contribution is 2.25. The van der Waals surface area contributed by atoms with Crippen molar-refractivity contribution in [2.24, 2.45) is 0 Å². The van der Waals surface area contributed by atoms with Crippen LogP contribution < -0.4 is 5.32 Å². The number of likely N-dealkylation sites (N-methyl/N-ethyl adjacent to an activating group) is 1. The van der Waals surface area contributed by atoms with Crippen molar-refractivity contribution in [3.63, 3.8) is 0 Å². The van der Waals surface area contributed by atoms with Crippen LogP contribution in [0.15, 0.2) is 15.9 Å². The first kappa shape index (κ1) is 14.5. The molecule has 1 fully saturated rings. The number of hydrogen-bond donors (Lipinski definition) is 1. The van der Waals surface area contributed by atoms with Crippen molar-refractivity contribution in [3.05, 3.63) is 20.8 Å². The molecule has 0 amide bonds. The number of nitrogens with one attached hydrogen (secondary N) is 1. The second kappa shape index (κ2) is 7.04. The monoisotopic (exact) mass is 330 g/mol. The van der Waals surface area contributed by atoms with Crippen molar-refractivity contribution in [2.75, 3.05) is 20.6 Å². The Kier molecular flexibility index (Phi) is 5.67. The Morgan fingerprint density at radius 2 is 2.06 bits per heavy atom. The summed E-state index contributed by atoms with van der Waals surface area (Å²) < 4.78 is 1.25. The molecule has 4 heteroatoms. The maximum absolute atomic E-state index is 3.53. The van der Waals surface area contributed by atoms with Gasteiger partial charge in [0.25, 0.3) is 0 Å². The summed E-state index contributed by atoms with van der Waals surface area (Å²) in [5.41, 5.74) is 0. The van der Waals surface area contributed by atoms with E-state index in [0.29, 0.717) is 0 Å². The summed E-state index contributed by atoms with van der Waals surface area (Å²) in [6.07, 6.45) is 6.52. The van der Waals surface area contributed by atoms with Crippen molar-refractivity contribution >= 4 is 27.3 Å². The summed E-state index contributed by atoms with van der Waals surface area (Å²) >= 11 is 5.39. The SMILES string of the molecule is CNC1CCC(N(C)CCc2ccc(Br)s2)CC1. The Balaban J connectivity index is 1.73. The zero-order valence-corrected chi connectivity index (χ0v) is 13.7. The van der Waals surface area contributed by atoms with Crippen LogP contribution >= 0.6 is 27.3 Å². The van der Waals surface area contributed by atoms with E-state index in [1.807, 2.05) is 11.3 Å². The molecule has 1 saturated carbocycles. The Bertz CT molecular complexity index is 358. The molecule has 1 aromatic heterocycles. The van der Waals surface area contributed by atoms with Gasteiger partial charge in [-0.3, -0.25) is 0 Å². The number of halogens is 1. The van der Waals surface area contributed by atoms with Gasteiger partial charge in [0.15, 0.2) is 0 Å². The highest BCUT2D eigenvalue weighted by Gasteiger charge is 2.22. The summed E-state index contributed by atoms with van der Waals surface area (Å²) in [6, 6.07) is 5.93. The number of thiophene rings is 1. The molecular formula is C14H23BrN2S. The van der Waals surface area contributed by atoms with Gasteiger partial charge < -0.3 is 10.2 Å². The largest absolute Gasteiger partial charge is 0.317 e. The summed E-state index contributed by atoms with van der Waals surface area (Å²) in [6.45, 7) is 1.18. The van der Waals surface area contributed by atoms with Crippen molar-refractivity contribution in [3.8, 4) is 0 Å². The Labute approximate surface area is 123 Å². The van der Waals surface area contributed by atoms with Crippen LogP contribution in [0.1, 0.15) is 30.6 Å². The van der Waals surface area contributed by atoms with Crippen LogP contribution in [0.4, 0.5) is 0 Å². The Morgan fingerprint density at radius 3 is 2.61 bits per heavy atom. The van der Waals surface area contributed by atoms with E-state index in [9.17, 15) is 0 Å². The second-order valence-corrected chi connectivity index (χ2v) is 7.78. The van der Waals surface area contributed by atoms with Gasteiger partial charge in [-0.25, -0.2) is 0 Å². The number of rotatable bonds is 5. The van der Waals surface area contributed by atoms with Crippen LogP contribution in [-0.4, -0.2) is 37.6 Å². The zero-order valence-electron chi connectivity index (χ0n) is 11.3. The quantitative estimate of drug-likeness (QED) is 0.888. The molecule has 102 valence electrons. The first-order valence-corrected chi connectivity index (χ1v) is 8.41. The van der Waals surface area contributed by atoms with Gasteiger partial charge in [-0.2, -0.15) is 0 Å². The molecule has 18 heavy (non-hydrogen) atoms. The summed E-state index contributed by atoms with van der Waals surface area (Å²) in [7, 11) is 4.37. The summed E-state index contributed by atoms with van der Waals surface area (Å²) in [4.78, 5) is 4.04. The normalized spacial score (nSPS) is 24.7. The number of hydrogen-bond acceptors (Lipinski definition) is 3. The molecule has 2 rings (SSSR count). The van der Waals surface area contributed by atoms with Gasteiger partial charge in [-0.15, -0.1) is 11.3 Å². The van der Waals surface area contributed by atoms with E-state index in [4.69, 9.17) is 0 Å². The molecule has 1 aliphatic rings. The third-order valence-corrected chi connectivity index (χ3v) is 5.75. The van der Waals surface area contributed by atoms with Gasteiger partial charge >= 0.3 is 0 Å². The van der Waals surface area contributed by atoms with E-state index < -0.39 is 0 Å². The number of nitrogens with zero attached hydrogens (tertiary/aromatic N) is 1. The van der Waals surface area contributed by atoms with Gasteiger partial charge in [0.2, 0.25) is 0 Å². The molecule has 0 atom stereocenters. The van der Waals surface area contributed by atoms with Crippen molar-refractivity contribution in [1.82, 2.24) is 10.2 Å². The third kappa shape index (κ3) is 4.05. The minimum Gasteiger partial charge on any atom is -0.317 e. The molecule has 0 unspecified atom stereocenters. The molecule has 0 radical (unpaired) electrons. The van der Waals surface area contributed by atoms with Gasteiger partial charge in [0.1, 0.15) is 0 Å². The Hall–Kier alpha value is 0.1000. The standard InChI is InChI=1S/C14H23BrN2S/c1-16-11-3-5-12(6-4-11)17(2)10-9-13-7-8-14(15)18-13/h7-8,11-12,16H,3-6,9-10H2,1-2H3. The molecule has 1 aliphatic carbocycles. The average Bonchev–Trinajstić information content (AvgIpc) is 2.82. The van der Waals surface area contributed by atoms with Crippen molar-refractivity contribution in [2.45, 2.75) is 44.2 Å². The van der Waals surface area contributed by atoms with Gasteiger partial charge in [-0.05, 0) is 74.3 Å². The minimum atomic E-state index is 0.753. The summed E-state index contributed by atoms with van der Waals surface area (Å²) in [5, 5.41) is 3.40. The molecule has 0 spiro atoms. The van der Waals surface area contributed by atoms with Crippen LogP contribution in [0.2, 0.25) is 0 Å². The predicted molar refractivity (Wildman–Crippen MR) is 83.5 cm³/mol. The van der Waals surface area contributed by atoms with Gasteiger partial charge in [0.05, 0.1) is 3.79 Å². The van der Waals surface area contributed by atoms with Crippen LogP contribution in [0, 0.1) is 0 Å². The molecular weight excluding hydrogens is 308 g/mol.